The molecule has 1 saturated carbocycles. The summed E-state index contributed by atoms with van der Waals surface area (Å²) in [7, 11) is 0. The van der Waals surface area contributed by atoms with E-state index in [1.165, 1.54) is 4.80 Å². The number of rotatable bonds is 4. The van der Waals surface area contributed by atoms with Crippen molar-refractivity contribution in [2.75, 3.05) is 0 Å². The van der Waals surface area contributed by atoms with E-state index in [-0.39, 0.29) is 0 Å². The third kappa shape index (κ3) is 2.14. The summed E-state index contributed by atoms with van der Waals surface area (Å²) in [6.07, 6.45) is 2.31. The average molecular weight is 274 g/mol. The summed E-state index contributed by atoms with van der Waals surface area (Å²) in [6.45, 7) is 0.358. The summed E-state index contributed by atoms with van der Waals surface area (Å²) >= 11 is 1.60. The molecule has 7 nitrogen and oxygen atoms in total. The van der Waals surface area contributed by atoms with E-state index in [0.717, 1.165) is 24.2 Å². The first kappa shape index (κ1) is 10.8. The van der Waals surface area contributed by atoms with Gasteiger partial charge in [-0.25, -0.2) is 0 Å². The maximum atomic E-state index is 5.18. The average Bonchev–Trinajstić information content (AvgIpc) is 2.90. The van der Waals surface area contributed by atoms with Crippen molar-refractivity contribution in [3.05, 3.63) is 28.5 Å². The standard InChI is InChI=1S/C11H10N6OS/c1-2-7(1)10-12-9(18-15-10)5-17-14-11(13-16-17)8-3-4-19-6-8/h3-4,6-7H,1-2,5H2. The fraction of sp³-hybridized carbons (Fsp3) is 0.364. The summed E-state index contributed by atoms with van der Waals surface area (Å²) in [5.74, 6) is 2.43. The van der Waals surface area contributed by atoms with E-state index in [2.05, 4.69) is 25.6 Å². The molecule has 0 saturated heterocycles. The van der Waals surface area contributed by atoms with Gasteiger partial charge in [0, 0.05) is 16.9 Å². The summed E-state index contributed by atoms with van der Waals surface area (Å²) in [4.78, 5) is 5.80. The van der Waals surface area contributed by atoms with Crippen LogP contribution in [0.4, 0.5) is 0 Å². The molecule has 3 heterocycles. The molecule has 0 atom stereocenters. The lowest BCUT2D eigenvalue weighted by Gasteiger charge is -1.90. The van der Waals surface area contributed by atoms with Crippen molar-refractivity contribution in [2.45, 2.75) is 25.3 Å². The highest BCUT2D eigenvalue weighted by molar-refractivity contribution is 7.08. The highest BCUT2D eigenvalue weighted by Gasteiger charge is 2.28. The van der Waals surface area contributed by atoms with Gasteiger partial charge in [0.15, 0.2) is 5.82 Å². The minimum Gasteiger partial charge on any atom is -0.337 e. The highest BCUT2D eigenvalue weighted by Crippen LogP contribution is 2.38. The van der Waals surface area contributed by atoms with Crippen molar-refractivity contribution < 1.29 is 4.52 Å². The number of hydrogen-bond acceptors (Lipinski definition) is 7. The first-order chi connectivity index (χ1) is 9.38. The van der Waals surface area contributed by atoms with Crippen molar-refractivity contribution in [3.8, 4) is 11.4 Å². The number of aromatic nitrogens is 6. The summed E-state index contributed by atoms with van der Waals surface area (Å²) in [6, 6.07) is 1.96. The van der Waals surface area contributed by atoms with E-state index in [1.54, 1.807) is 11.3 Å². The normalized spacial score (nSPS) is 14.9. The molecule has 0 unspecified atom stereocenters. The van der Waals surface area contributed by atoms with E-state index in [1.807, 2.05) is 16.8 Å². The molecule has 19 heavy (non-hydrogen) atoms. The Morgan fingerprint density at radius 2 is 2.37 bits per heavy atom. The zero-order chi connectivity index (χ0) is 12.7. The van der Waals surface area contributed by atoms with Gasteiger partial charge in [0.05, 0.1) is 0 Å². The first-order valence-corrected chi connectivity index (χ1v) is 6.95. The third-order valence-electron chi connectivity index (χ3n) is 2.94. The Hall–Kier alpha value is -2.09. The molecule has 1 aliphatic rings. The van der Waals surface area contributed by atoms with Crippen LogP contribution in [0.5, 0.6) is 0 Å². The molecule has 0 aliphatic heterocycles. The van der Waals surface area contributed by atoms with Crippen LogP contribution in [0.2, 0.25) is 0 Å². The van der Waals surface area contributed by atoms with Gasteiger partial charge in [0.2, 0.25) is 11.7 Å². The molecular weight excluding hydrogens is 264 g/mol. The van der Waals surface area contributed by atoms with Crippen molar-refractivity contribution in [1.82, 2.24) is 30.3 Å². The van der Waals surface area contributed by atoms with Crippen LogP contribution in [0, 0.1) is 0 Å². The molecule has 96 valence electrons. The van der Waals surface area contributed by atoms with Gasteiger partial charge in [-0.1, -0.05) is 5.16 Å². The second-order valence-corrected chi connectivity index (χ2v) is 5.26. The van der Waals surface area contributed by atoms with Gasteiger partial charge < -0.3 is 4.52 Å². The minimum absolute atomic E-state index is 0.358. The van der Waals surface area contributed by atoms with Crippen molar-refractivity contribution >= 4 is 11.3 Å². The van der Waals surface area contributed by atoms with Crippen LogP contribution in [0.3, 0.4) is 0 Å². The molecule has 0 bridgehead atoms. The lowest BCUT2D eigenvalue weighted by atomic mass is 10.3. The zero-order valence-electron chi connectivity index (χ0n) is 9.93. The SMILES string of the molecule is c1cc(-c2nnn(Cc3nc(C4CC4)no3)n2)cs1. The minimum atomic E-state index is 0.358. The van der Waals surface area contributed by atoms with Gasteiger partial charge in [-0.2, -0.15) is 21.1 Å². The second-order valence-electron chi connectivity index (χ2n) is 4.48. The van der Waals surface area contributed by atoms with Crippen LogP contribution < -0.4 is 0 Å². The molecular formula is C11H10N6OS. The molecule has 0 radical (unpaired) electrons. The van der Waals surface area contributed by atoms with Crippen molar-refractivity contribution in [3.63, 3.8) is 0 Å². The number of tetrazole rings is 1. The lowest BCUT2D eigenvalue weighted by molar-refractivity contribution is 0.352. The van der Waals surface area contributed by atoms with Gasteiger partial charge in [-0.3, -0.25) is 0 Å². The molecule has 0 N–H and O–H groups in total. The van der Waals surface area contributed by atoms with E-state index in [9.17, 15) is 0 Å². The lowest BCUT2D eigenvalue weighted by Crippen LogP contribution is -2.04. The quantitative estimate of drug-likeness (QED) is 0.720. The second kappa shape index (κ2) is 4.23. The molecule has 8 heteroatoms. The van der Waals surface area contributed by atoms with E-state index in [0.29, 0.717) is 24.2 Å². The Bertz CT molecular complexity index is 684. The maximum Gasteiger partial charge on any atom is 0.250 e. The molecule has 4 rings (SSSR count). The Balaban J connectivity index is 1.52. The van der Waals surface area contributed by atoms with E-state index < -0.39 is 0 Å². The molecule has 3 aromatic rings. The largest absolute Gasteiger partial charge is 0.337 e. The predicted octanol–water partition coefficient (Wildman–Crippen LogP) is 1.71. The molecule has 0 aromatic carbocycles. The Morgan fingerprint density at radius 3 is 3.16 bits per heavy atom. The van der Waals surface area contributed by atoms with Gasteiger partial charge >= 0.3 is 0 Å². The Morgan fingerprint density at radius 1 is 1.42 bits per heavy atom. The number of nitrogens with zero attached hydrogens (tertiary/aromatic N) is 6. The predicted molar refractivity (Wildman–Crippen MR) is 66.5 cm³/mol. The van der Waals surface area contributed by atoms with Crippen LogP contribution >= 0.6 is 11.3 Å². The zero-order valence-corrected chi connectivity index (χ0v) is 10.7. The molecule has 1 fully saturated rings. The number of thiophene rings is 1. The monoisotopic (exact) mass is 274 g/mol. The van der Waals surface area contributed by atoms with Crippen molar-refractivity contribution in [1.29, 1.82) is 0 Å². The van der Waals surface area contributed by atoms with Gasteiger partial charge in [-0.05, 0) is 29.5 Å². The molecule has 1 aliphatic carbocycles. The van der Waals surface area contributed by atoms with Crippen LogP contribution in [-0.4, -0.2) is 30.3 Å². The summed E-state index contributed by atoms with van der Waals surface area (Å²) in [5.41, 5.74) is 0.973. The van der Waals surface area contributed by atoms with Gasteiger partial charge in [0.1, 0.15) is 6.54 Å². The fourth-order valence-corrected chi connectivity index (χ4v) is 2.41. The van der Waals surface area contributed by atoms with Crippen LogP contribution in [0.15, 0.2) is 21.3 Å². The van der Waals surface area contributed by atoms with Gasteiger partial charge in [0.25, 0.3) is 0 Å². The van der Waals surface area contributed by atoms with Gasteiger partial charge in [-0.15, -0.1) is 10.2 Å². The Kier molecular flexibility index (Phi) is 2.41. The molecule has 3 aromatic heterocycles. The highest BCUT2D eigenvalue weighted by atomic mass is 32.1. The van der Waals surface area contributed by atoms with E-state index >= 15 is 0 Å². The third-order valence-corrected chi connectivity index (χ3v) is 3.62. The topological polar surface area (TPSA) is 82.5 Å². The Labute approximate surface area is 112 Å². The maximum absolute atomic E-state index is 5.18. The van der Waals surface area contributed by atoms with Crippen LogP contribution in [0.1, 0.15) is 30.5 Å². The summed E-state index contributed by atoms with van der Waals surface area (Å²) in [5, 5.41) is 20.2. The fourth-order valence-electron chi connectivity index (χ4n) is 1.78. The first-order valence-electron chi connectivity index (χ1n) is 6.01. The van der Waals surface area contributed by atoms with E-state index in [4.69, 9.17) is 4.52 Å². The van der Waals surface area contributed by atoms with Crippen molar-refractivity contribution in [2.24, 2.45) is 0 Å². The smallest absolute Gasteiger partial charge is 0.250 e. The molecule has 0 spiro atoms. The molecule has 0 amide bonds. The van der Waals surface area contributed by atoms with Crippen LogP contribution in [0.25, 0.3) is 11.4 Å². The van der Waals surface area contributed by atoms with Crippen LogP contribution in [-0.2, 0) is 6.54 Å². The summed E-state index contributed by atoms with van der Waals surface area (Å²) < 4.78 is 5.18. The number of hydrogen-bond donors (Lipinski definition) is 0.